The Morgan fingerprint density at radius 3 is 2.24 bits per heavy atom. The van der Waals surface area contributed by atoms with Crippen LogP contribution in [0.3, 0.4) is 0 Å². The molecule has 3 aromatic rings. The van der Waals surface area contributed by atoms with Crippen LogP contribution in [-0.4, -0.2) is 34.1 Å². The number of allylic oxidation sites excluding steroid dienone is 1. The maximum Gasteiger partial charge on any atom is 0.116 e. The highest BCUT2D eigenvalue weighted by Crippen LogP contribution is 2.27. The average Bonchev–Trinajstić information content (AvgIpc) is 2.83. The Morgan fingerprint density at radius 2 is 1.58 bits per heavy atom. The predicted octanol–water partition coefficient (Wildman–Crippen LogP) is 5.45. The van der Waals surface area contributed by atoms with Gasteiger partial charge in [0, 0.05) is 5.92 Å². The van der Waals surface area contributed by atoms with Crippen molar-refractivity contribution in [3.8, 4) is 5.75 Å². The first-order valence-electron chi connectivity index (χ1n) is 11.2. The van der Waals surface area contributed by atoms with Gasteiger partial charge in [0.1, 0.15) is 5.75 Å². The van der Waals surface area contributed by atoms with Gasteiger partial charge in [0.2, 0.25) is 0 Å². The fourth-order valence-corrected chi connectivity index (χ4v) is 3.82. The Kier molecular flexibility index (Phi) is 9.45. The minimum Gasteiger partial charge on any atom is -0.508 e. The van der Waals surface area contributed by atoms with Crippen LogP contribution in [0.15, 0.2) is 97.6 Å². The lowest BCUT2D eigenvalue weighted by atomic mass is 9.90. The lowest BCUT2D eigenvalue weighted by Gasteiger charge is -2.25. The van der Waals surface area contributed by atoms with Crippen molar-refractivity contribution < 1.29 is 20.1 Å². The highest BCUT2D eigenvalue weighted by molar-refractivity contribution is 5.81. The molecule has 3 atom stereocenters. The van der Waals surface area contributed by atoms with Gasteiger partial charge in [-0.05, 0) is 47.2 Å². The number of hydrogen-bond donors (Lipinski definition) is 3. The number of ether oxygens (including phenoxy) is 1. The molecule has 3 N–H and O–H groups in total. The van der Waals surface area contributed by atoms with Crippen molar-refractivity contribution in [1.82, 2.24) is 0 Å². The van der Waals surface area contributed by atoms with Crippen LogP contribution in [0, 0.1) is 5.92 Å². The summed E-state index contributed by atoms with van der Waals surface area (Å²) in [5.41, 5.74) is 4.01. The van der Waals surface area contributed by atoms with Gasteiger partial charge in [0.05, 0.1) is 25.4 Å². The van der Waals surface area contributed by atoms with Crippen molar-refractivity contribution in [3.05, 3.63) is 114 Å². The molecule has 0 saturated carbocycles. The minimum atomic E-state index is -0.851. The van der Waals surface area contributed by atoms with Crippen LogP contribution in [0.2, 0.25) is 0 Å². The van der Waals surface area contributed by atoms with E-state index in [1.807, 2.05) is 72.8 Å². The van der Waals surface area contributed by atoms with Crippen LogP contribution >= 0.6 is 0 Å². The van der Waals surface area contributed by atoms with Crippen LogP contribution in [0.4, 0.5) is 0 Å². The Morgan fingerprint density at radius 1 is 0.879 bits per heavy atom. The number of aliphatic hydroxyl groups is 2. The predicted molar refractivity (Wildman–Crippen MR) is 133 cm³/mol. The monoisotopic (exact) mass is 444 g/mol. The first kappa shape index (κ1) is 24.5. The number of rotatable bonds is 12. The number of aliphatic hydroxyl groups excluding tert-OH is 2. The molecule has 0 fully saturated rings. The summed E-state index contributed by atoms with van der Waals surface area (Å²) in [4.78, 5) is 0. The van der Waals surface area contributed by atoms with Crippen LogP contribution < -0.4 is 0 Å². The topological polar surface area (TPSA) is 69.9 Å². The summed E-state index contributed by atoms with van der Waals surface area (Å²) >= 11 is 0. The number of phenolic OH excluding ortho intramolecular Hbond substituents is 1. The van der Waals surface area contributed by atoms with Gasteiger partial charge < -0.3 is 20.1 Å². The molecule has 0 unspecified atom stereocenters. The van der Waals surface area contributed by atoms with Crippen molar-refractivity contribution in [3.63, 3.8) is 0 Å². The highest BCUT2D eigenvalue weighted by atomic mass is 16.5. The quantitative estimate of drug-likeness (QED) is 0.256. The van der Waals surface area contributed by atoms with Crippen LogP contribution in [0.1, 0.15) is 29.5 Å². The second-order valence-corrected chi connectivity index (χ2v) is 8.12. The SMILES string of the molecule is C=C[C@H]([C@H](O)CC/C(=C/c1cccc(O)c1)c1ccccc1)[C@H](O)COCc1ccccc1. The Hall–Kier alpha value is -3.18. The lowest BCUT2D eigenvalue weighted by molar-refractivity contribution is -0.0270. The van der Waals surface area contributed by atoms with Crippen LogP contribution in [0.5, 0.6) is 5.75 Å². The van der Waals surface area contributed by atoms with Crippen LogP contribution in [0.25, 0.3) is 11.6 Å². The van der Waals surface area contributed by atoms with Crippen molar-refractivity contribution >= 4 is 11.6 Å². The van der Waals surface area contributed by atoms with Gasteiger partial charge in [-0.2, -0.15) is 0 Å². The van der Waals surface area contributed by atoms with Crippen molar-refractivity contribution in [2.75, 3.05) is 6.61 Å². The number of benzene rings is 3. The van der Waals surface area contributed by atoms with E-state index in [9.17, 15) is 15.3 Å². The van der Waals surface area contributed by atoms with Gasteiger partial charge in [-0.15, -0.1) is 6.58 Å². The number of aromatic hydroxyl groups is 1. The molecule has 172 valence electrons. The highest BCUT2D eigenvalue weighted by Gasteiger charge is 2.24. The van der Waals surface area contributed by atoms with E-state index >= 15 is 0 Å². The van der Waals surface area contributed by atoms with E-state index in [-0.39, 0.29) is 12.4 Å². The second-order valence-electron chi connectivity index (χ2n) is 8.12. The second kappa shape index (κ2) is 12.8. The van der Waals surface area contributed by atoms with E-state index < -0.39 is 18.1 Å². The van der Waals surface area contributed by atoms with Gasteiger partial charge in [-0.25, -0.2) is 0 Å². The van der Waals surface area contributed by atoms with E-state index in [1.165, 1.54) is 0 Å². The maximum atomic E-state index is 10.8. The molecule has 0 bridgehead atoms. The third kappa shape index (κ3) is 7.72. The molecule has 4 heteroatoms. The summed E-state index contributed by atoms with van der Waals surface area (Å²) in [6, 6.07) is 26.8. The summed E-state index contributed by atoms with van der Waals surface area (Å²) in [6.45, 7) is 4.34. The fraction of sp³-hybridized carbons (Fsp3) is 0.241. The molecule has 3 rings (SSSR count). The normalized spacial score (nSPS) is 14.4. The molecular formula is C29H32O4. The molecule has 0 radical (unpaired) electrons. The molecule has 33 heavy (non-hydrogen) atoms. The zero-order chi connectivity index (χ0) is 23.5. The zero-order valence-corrected chi connectivity index (χ0v) is 18.8. The molecule has 0 aliphatic carbocycles. The van der Waals surface area contributed by atoms with Crippen molar-refractivity contribution in [2.45, 2.75) is 31.7 Å². The molecule has 0 spiro atoms. The number of hydrogen-bond acceptors (Lipinski definition) is 4. The summed E-state index contributed by atoms with van der Waals surface area (Å²) < 4.78 is 5.66. The van der Waals surface area contributed by atoms with Crippen LogP contribution in [-0.2, 0) is 11.3 Å². The van der Waals surface area contributed by atoms with Crippen molar-refractivity contribution in [1.29, 1.82) is 0 Å². The average molecular weight is 445 g/mol. The third-order valence-corrected chi connectivity index (χ3v) is 5.63. The first-order chi connectivity index (χ1) is 16.1. The Bertz CT molecular complexity index is 1010. The summed E-state index contributed by atoms with van der Waals surface area (Å²) in [7, 11) is 0. The van der Waals surface area contributed by atoms with Crippen molar-refractivity contribution in [2.24, 2.45) is 5.92 Å². The van der Waals surface area contributed by atoms with Gasteiger partial charge >= 0.3 is 0 Å². The number of phenols is 1. The molecule has 0 aliphatic heterocycles. The van der Waals surface area contributed by atoms with Gasteiger partial charge in [-0.3, -0.25) is 0 Å². The van der Waals surface area contributed by atoms with Gasteiger partial charge in [0.15, 0.2) is 0 Å². The molecular weight excluding hydrogens is 412 g/mol. The Labute approximate surface area is 196 Å². The van der Waals surface area contributed by atoms with E-state index in [4.69, 9.17) is 4.74 Å². The summed E-state index contributed by atoms with van der Waals surface area (Å²) in [6.07, 6.45) is 3.05. The smallest absolute Gasteiger partial charge is 0.116 e. The van der Waals surface area contributed by atoms with E-state index in [2.05, 4.69) is 6.58 Å². The van der Waals surface area contributed by atoms with E-state index in [0.29, 0.717) is 19.4 Å². The summed E-state index contributed by atoms with van der Waals surface area (Å²) in [5.74, 6) is -0.292. The van der Waals surface area contributed by atoms with E-state index in [1.54, 1.807) is 24.3 Å². The fourth-order valence-electron chi connectivity index (χ4n) is 3.82. The molecule has 0 saturated heterocycles. The molecule has 0 aliphatic rings. The minimum absolute atomic E-state index is 0.118. The molecule has 0 aromatic heterocycles. The third-order valence-electron chi connectivity index (χ3n) is 5.63. The van der Waals surface area contributed by atoms with Gasteiger partial charge in [-0.1, -0.05) is 84.9 Å². The largest absolute Gasteiger partial charge is 0.508 e. The lowest BCUT2D eigenvalue weighted by Crippen LogP contribution is -2.33. The maximum absolute atomic E-state index is 10.8. The Balaban J connectivity index is 1.62. The molecule has 0 amide bonds. The van der Waals surface area contributed by atoms with Gasteiger partial charge in [0.25, 0.3) is 0 Å². The van der Waals surface area contributed by atoms with E-state index in [0.717, 1.165) is 22.3 Å². The molecule has 4 nitrogen and oxygen atoms in total. The standard InChI is InChI=1S/C29H32O4/c1-2-27(29(32)21-33-20-22-10-5-3-6-11-22)28(31)17-16-25(24-13-7-4-8-14-24)18-23-12-9-15-26(30)19-23/h2-15,18-19,27-32H,1,16-17,20-21H2/b25-18-/t27-,28-,29-/m1/s1. The summed E-state index contributed by atoms with van der Waals surface area (Å²) in [5, 5.41) is 31.3. The molecule has 0 heterocycles. The zero-order valence-electron chi connectivity index (χ0n) is 18.8. The first-order valence-corrected chi connectivity index (χ1v) is 11.2. The molecule has 3 aromatic carbocycles.